The predicted molar refractivity (Wildman–Crippen MR) is 69.4 cm³/mol. The van der Waals surface area contributed by atoms with Crippen LogP contribution in [0.3, 0.4) is 0 Å². The first kappa shape index (κ1) is 11.7. The number of thiophene rings is 1. The molecule has 6 heteroatoms. The van der Waals surface area contributed by atoms with Gasteiger partial charge in [-0.1, -0.05) is 0 Å². The quantitative estimate of drug-likeness (QED) is 0.895. The molecule has 0 spiro atoms. The van der Waals surface area contributed by atoms with E-state index in [1.165, 1.54) is 11.9 Å². The van der Waals surface area contributed by atoms with Crippen LogP contribution < -0.4 is 15.4 Å². The summed E-state index contributed by atoms with van der Waals surface area (Å²) in [6.45, 7) is 0.760. The summed E-state index contributed by atoms with van der Waals surface area (Å²) >= 11 is 1.67. The average Bonchev–Trinajstić information content (AvgIpc) is 2.81. The number of nitrogens with zero attached hydrogens (tertiary/aromatic N) is 3. The standard InChI is InChI=1S/C11H14N4OS/c1-15(5-8-3-4-17-6-8)11-9(16-2)10(12)13-7-14-11/h3-4,6-7H,5H2,1-2H3,(H2,12,13,14). The van der Waals surface area contributed by atoms with Crippen molar-refractivity contribution in [2.24, 2.45) is 0 Å². The van der Waals surface area contributed by atoms with Gasteiger partial charge in [-0.2, -0.15) is 11.3 Å². The van der Waals surface area contributed by atoms with Crippen molar-refractivity contribution in [1.29, 1.82) is 0 Å². The maximum atomic E-state index is 5.74. The van der Waals surface area contributed by atoms with Crippen molar-refractivity contribution in [1.82, 2.24) is 9.97 Å². The van der Waals surface area contributed by atoms with Crippen LogP contribution in [0.5, 0.6) is 5.75 Å². The lowest BCUT2D eigenvalue weighted by Crippen LogP contribution is -2.19. The lowest BCUT2D eigenvalue weighted by Gasteiger charge is -2.20. The van der Waals surface area contributed by atoms with Crippen LogP contribution >= 0.6 is 11.3 Å². The predicted octanol–water partition coefficient (Wildman–Crippen LogP) is 1.77. The number of hydrogen-bond donors (Lipinski definition) is 1. The van der Waals surface area contributed by atoms with Crippen LogP contribution in [0.15, 0.2) is 23.2 Å². The van der Waals surface area contributed by atoms with E-state index < -0.39 is 0 Å². The molecular formula is C11H14N4OS. The van der Waals surface area contributed by atoms with Crippen molar-refractivity contribution in [2.45, 2.75) is 6.54 Å². The number of nitrogen functional groups attached to an aromatic ring is 1. The van der Waals surface area contributed by atoms with E-state index in [0.717, 1.165) is 6.54 Å². The second-order valence-corrected chi connectivity index (χ2v) is 4.38. The van der Waals surface area contributed by atoms with Gasteiger partial charge in [-0.25, -0.2) is 9.97 Å². The van der Waals surface area contributed by atoms with Gasteiger partial charge in [0.25, 0.3) is 0 Å². The molecule has 0 aliphatic heterocycles. The molecule has 0 aromatic carbocycles. The van der Waals surface area contributed by atoms with Gasteiger partial charge < -0.3 is 15.4 Å². The summed E-state index contributed by atoms with van der Waals surface area (Å²) in [5.41, 5.74) is 6.98. The molecule has 2 rings (SSSR count). The monoisotopic (exact) mass is 250 g/mol. The van der Waals surface area contributed by atoms with Gasteiger partial charge >= 0.3 is 0 Å². The van der Waals surface area contributed by atoms with Crippen molar-refractivity contribution in [3.05, 3.63) is 28.7 Å². The number of nitrogens with two attached hydrogens (primary N) is 1. The number of rotatable bonds is 4. The van der Waals surface area contributed by atoms with Gasteiger partial charge in [0, 0.05) is 13.6 Å². The summed E-state index contributed by atoms with van der Waals surface area (Å²) in [6.07, 6.45) is 1.44. The Morgan fingerprint density at radius 2 is 2.29 bits per heavy atom. The molecule has 0 aliphatic rings. The van der Waals surface area contributed by atoms with E-state index in [2.05, 4.69) is 26.8 Å². The molecular weight excluding hydrogens is 236 g/mol. The lowest BCUT2D eigenvalue weighted by molar-refractivity contribution is 0.413. The maximum absolute atomic E-state index is 5.74. The van der Waals surface area contributed by atoms with Gasteiger partial charge in [-0.15, -0.1) is 0 Å². The minimum absolute atomic E-state index is 0.356. The van der Waals surface area contributed by atoms with Crippen molar-refractivity contribution >= 4 is 23.0 Å². The van der Waals surface area contributed by atoms with E-state index in [-0.39, 0.29) is 0 Å². The Morgan fingerprint density at radius 3 is 2.94 bits per heavy atom. The van der Waals surface area contributed by atoms with E-state index in [1.807, 2.05) is 11.9 Å². The van der Waals surface area contributed by atoms with Crippen molar-refractivity contribution in [3.8, 4) is 5.75 Å². The first-order valence-electron chi connectivity index (χ1n) is 5.09. The number of anilines is 2. The zero-order valence-electron chi connectivity index (χ0n) is 9.75. The molecule has 0 fully saturated rings. The summed E-state index contributed by atoms with van der Waals surface area (Å²) < 4.78 is 5.23. The fourth-order valence-electron chi connectivity index (χ4n) is 1.58. The Balaban J connectivity index is 2.24. The van der Waals surface area contributed by atoms with Crippen molar-refractivity contribution in [3.63, 3.8) is 0 Å². The molecule has 0 saturated heterocycles. The molecule has 90 valence electrons. The highest BCUT2D eigenvalue weighted by Gasteiger charge is 2.13. The molecule has 0 aliphatic carbocycles. The summed E-state index contributed by atoms with van der Waals surface area (Å²) in [5.74, 6) is 1.58. The van der Waals surface area contributed by atoms with E-state index in [9.17, 15) is 0 Å². The fraction of sp³-hybridized carbons (Fsp3) is 0.273. The molecule has 2 aromatic rings. The maximum Gasteiger partial charge on any atom is 0.204 e. The molecule has 2 heterocycles. The zero-order valence-corrected chi connectivity index (χ0v) is 10.6. The van der Waals surface area contributed by atoms with Crippen LogP contribution in [-0.4, -0.2) is 24.1 Å². The summed E-state index contributed by atoms with van der Waals surface area (Å²) in [6, 6.07) is 2.08. The third kappa shape index (κ3) is 2.47. The number of hydrogen-bond acceptors (Lipinski definition) is 6. The molecule has 0 amide bonds. The van der Waals surface area contributed by atoms with E-state index in [1.54, 1.807) is 18.4 Å². The summed E-state index contributed by atoms with van der Waals surface area (Å²) in [5, 5.41) is 4.16. The molecule has 5 nitrogen and oxygen atoms in total. The fourth-order valence-corrected chi connectivity index (χ4v) is 2.24. The van der Waals surface area contributed by atoms with Crippen molar-refractivity contribution in [2.75, 3.05) is 24.8 Å². The summed E-state index contributed by atoms with van der Waals surface area (Å²) in [4.78, 5) is 10.1. The molecule has 2 aromatic heterocycles. The molecule has 0 bridgehead atoms. The van der Waals surface area contributed by atoms with Crippen molar-refractivity contribution < 1.29 is 4.74 Å². The first-order chi connectivity index (χ1) is 8.22. The SMILES string of the molecule is COc1c(N)ncnc1N(C)Cc1ccsc1. The van der Waals surface area contributed by atoms with Crippen LogP contribution in [0.2, 0.25) is 0 Å². The Hall–Kier alpha value is -1.82. The molecule has 2 N–H and O–H groups in total. The highest BCUT2D eigenvalue weighted by Crippen LogP contribution is 2.29. The van der Waals surface area contributed by atoms with Gasteiger partial charge in [0.1, 0.15) is 6.33 Å². The number of methoxy groups -OCH3 is 1. The largest absolute Gasteiger partial charge is 0.490 e. The van der Waals surface area contributed by atoms with Crippen LogP contribution in [0.1, 0.15) is 5.56 Å². The van der Waals surface area contributed by atoms with Gasteiger partial charge in [0.2, 0.25) is 5.75 Å². The second kappa shape index (κ2) is 5.01. The summed E-state index contributed by atoms with van der Waals surface area (Å²) in [7, 11) is 3.51. The normalized spacial score (nSPS) is 10.2. The third-order valence-corrected chi connectivity index (χ3v) is 3.11. The van der Waals surface area contributed by atoms with Gasteiger partial charge in [0.05, 0.1) is 7.11 Å². The Labute approximate surface area is 104 Å². The van der Waals surface area contributed by atoms with Gasteiger partial charge in [-0.3, -0.25) is 0 Å². The van der Waals surface area contributed by atoms with E-state index in [4.69, 9.17) is 10.5 Å². The molecule has 17 heavy (non-hydrogen) atoms. The zero-order chi connectivity index (χ0) is 12.3. The van der Waals surface area contributed by atoms with Gasteiger partial charge in [0.15, 0.2) is 11.6 Å². The van der Waals surface area contributed by atoms with Crippen LogP contribution in [0, 0.1) is 0 Å². The minimum atomic E-state index is 0.356. The molecule has 0 unspecified atom stereocenters. The molecule has 0 atom stereocenters. The third-order valence-electron chi connectivity index (χ3n) is 2.38. The van der Waals surface area contributed by atoms with Crippen LogP contribution in [0.4, 0.5) is 11.6 Å². The molecule has 0 saturated carbocycles. The number of ether oxygens (including phenoxy) is 1. The minimum Gasteiger partial charge on any atom is -0.490 e. The van der Waals surface area contributed by atoms with E-state index >= 15 is 0 Å². The van der Waals surface area contributed by atoms with Crippen LogP contribution in [-0.2, 0) is 6.54 Å². The highest BCUT2D eigenvalue weighted by molar-refractivity contribution is 7.07. The van der Waals surface area contributed by atoms with Crippen LogP contribution in [0.25, 0.3) is 0 Å². The first-order valence-corrected chi connectivity index (χ1v) is 6.03. The Bertz CT molecular complexity index is 486. The van der Waals surface area contributed by atoms with Gasteiger partial charge in [-0.05, 0) is 22.4 Å². The highest BCUT2D eigenvalue weighted by atomic mass is 32.1. The second-order valence-electron chi connectivity index (χ2n) is 3.60. The van der Waals surface area contributed by atoms with E-state index in [0.29, 0.717) is 17.4 Å². The topological polar surface area (TPSA) is 64.3 Å². The number of aromatic nitrogens is 2. The lowest BCUT2D eigenvalue weighted by atomic mass is 10.3. The Morgan fingerprint density at radius 1 is 1.47 bits per heavy atom. The average molecular weight is 250 g/mol. The Kier molecular flexibility index (Phi) is 3.43. The molecule has 0 radical (unpaired) electrons. The smallest absolute Gasteiger partial charge is 0.204 e.